The Hall–Kier alpha value is -1.30. The maximum atomic E-state index is 11.2. The molecule has 0 fully saturated rings. The standard InChI is InChI=1S/C9H12N2O/c1-9(2)3-6(5-10)8(11)7(12)4-9/h3-4,11H2,1-2H3. The van der Waals surface area contributed by atoms with E-state index >= 15 is 0 Å². The van der Waals surface area contributed by atoms with Crippen LogP contribution in [0.2, 0.25) is 0 Å². The Morgan fingerprint density at radius 2 is 2.08 bits per heavy atom. The zero-order valence-electron chi connectivity index (χ0n) is 7.35. The van der Waals surface area contributed by atoms with Crippen molar-refractivity contribution < 1.29 is 4.79 Å². The molecule has 0 unspecified atom stereocenters. The summed E-state index contributed by atoms with van der Waals surface area (Å²) in [5, 5.41) is 8.67. The van der Waals surface area contributed by atoms with Crippen molar-refractivity contribution in [2.24, 2.45) is 11.1 Å². The number of nitriles is 1. The lowest BCUT2D eigenvalue weighted by Gasteiger charge is -2.28. The van der Waals surface area contributed by atoms with Crippen molar-refractivity contribution in [2.45, 2.75) is 26.7 Å². The first-order valence-corrected chi connectivity index (χ1v) is 3.88. The third kappa shape index (κ3) is 1.48. The van der Waals surface area contributed by atoms with E-state index in [0.29, 0.717) is 18.4 Å². The van der Waals surface area contributed by atoms with Gasteiger partial charge in [-0.15, -0.1) is 0 Å². The highest BCUT2D eigenvalue weighted by Crippen LogP contribution is 2.34. The van der Waals surface area contributed by atoms with E-state index in [2.05, 4.69) is 0 Å². The molecular formula is C9H12N2O. The van der Waals surface area contributed by atoms with Gasteiger partial charge in [-0.3, -0.25) is 4.79 Å². The van der Waals surface area contributed by atoms with Crippen LogP contribution < -0.4 is 5.73 Å². The number of hydrogen-bond donors (Lipinski definition) is 1. The van der Waals surface area contributed by atoms with Crippen molar-refractivity contribution in [3.05, 3.63) is 11.3 Å². The van der Waals surface area contributed by atoms with Gasteiger partial charge in [0.2, 0.25) is 0 Å². The summed E-state index contributed by atoms with van der Waals surface area (Å²) in [5.74, 6) is -0.0946. The second-order valence-corrected chi connectivity index (χ2v) is 3.94. The molecule has 1 aliphatic carbocycles. The van der Waals surface area contributed by atoms with E-state index in [4.69, 9.17) is 11.0 Å². The molecule has 0 radical (unpaired) electrons. The van der Waals surface area contributed by atoms with E-state index < -0.39 is 0 Å². The van der Waals surface area contributed by atoms with Crippen LogP contribution in [0.5, 0.6) is 0 Å². The molecule has 12 heavy (non-hydrogen) atoms. The lowest BCUT2D eigenvalue weighted by atomic mass is 9.76. The SMILES string of the molecule is CC1(C)CC(=O)C(N)=C(C#N)C1. The van der Waals surface area contributed by atoms with Gasteiger partial charge in [-0.05, 0) is 11.8 Å². The number of nitrogens with two attached hydrogens (primary N) is 1. The maximum absolute atomic E-state index is 11.2. The van der Waals surface area contributed by atoms with E-state index in [-0.39, 0.29) is 16.9 Å². The van der Waals surface area contributed by atoms with Gasteiger partial charge in [0.25, 0.3) is 0 Å². The van der Waals surface area contributed by atoms with E-state index in [9.17, 15) is 4.79 Å². The molecule has 0 amide bonds. The average Bonchev–Trinajstić information content (AvgIpc) is 1.96. The van der Waals surface area contributed by atoms with Crippen LogP contribution >= 0.6 is 0 Å². The Bertz CT molecular complexity index is 294. The zero-order chi connectivity index (χ0) is 9.35. The quantitative estimate of drug-likeness (QED) is 0.583. The largest absolute Gasteiger partial charge is 0.395 e. The van der Waals surface area contributed by atoms with Crippen LogP contribution in [0.3, 0.4) is 0 Å². The third-order valence-electron chi connectivity index (χ3n) is 2.05. The van der Waals surface area contributed by atoms with E-state index in [0.717, 1.165) is 0 Å². The van der Waals surface area contributed by atoms with Crippen LogP contribution in [0, 0.1) is 16.7 Å². The van der Waals surface area contributed by atoms with Crippen LogP contribution in [0.1, 0.15) is 26.7 Å². The molecule has 0 saturated heterocycles. The number of hydrogen-bond acceptors (Lipinski definition) is 3. The van der Waals surface area contributed by atoms with Gasteiger partial charge in [0.1, 0.15) is 0 Å². The molecule has 2 N–H and O–H groups in total. The number of nitrogens with zero attached hydrogens (tertiary/aromatic N) is 1. The maximum Gasteiger partial charge on any atom is 0.180 e. The number of allylic oxidation sites excluding steroid dienone is 2. The molecule has 1 aliphatic rings. The third-order valence-corrected chi connectivity index (χ3v) is 2.05. The first-order valence-electron chi connectivity index (χ1n) is 3.88. The number of ketones is 1. The zero-order valence-corrected chi connectivity index (χ0v) is 7.35. The minimum absolute atomic E-state index is 0.0946. The van der Waals surface area contributed by atoms with Crippen molar-refractivity contribution in [1.29, 1.82) is 5.26 Å². The summed E-state index contributed by atoms with van der Waals surface area (Å²) >= 11 is 0. The monoisotopic (exact) mass is 164 g/mol. The Balaban J connectivity index is 3.06. The molecule has 0 bridgehead atoms. The van der Waals surface area contributed by atoms with Crippen LogP contribution in [0.15, 0.2) is 11.3 Å². The summed E-state index contributed by atoms with van der Waals surface area (Å²) in [6.45, 7) is 3.93. The predicted molar refractivity (Wildman–Crippen MR) is 44.8 cm³/mol. The van der Waals surface area contributed by atoms with Gasteiger partial charge in [0.05, 0.1) is 17.3 Å². The van der Waals surface area contributed by atoms with Crippen molar-refractivity contribution in [3.8, 4) is 6.07 Å². The number of rotatable bonds is 0. The van der Waals surface area contributed by atoms with Crippen molar-refractivity contribution in [2.75, 3.05) is 0 Å². The molecule has 0 saturated carbocycles. The minimum Gasteiger partial charge on any atom is -0.395 e. The molecule has 0 heterocycles. The van der Waals surface area contributed by atoms with Crippen molar-refractivity contribution >= 4 is 5.78 Å². The summed E-state index contributed by atoms with van der Waals surface area (Å²) < 4.78 is 0. The fourth-order valence-electron chi connectivity index (χ4n) is 1.43. The Morgan fingerprint density at radius 1 is 1.50 bits per heavy atom. The highest BCUT2D eigenvalue weighted by molar-refractivity contribution is 5.97. The van der Waals surface area contributed by atoms with Crippen molar-refractivity contribution in [1.82, 2.24) is 0 Å². The Kier molecular flexibility index (Phi) is 1.93. The normalized spacial score (nSPS) is 22.2. The Morgan fingerprint density at radius 3 is 2.58 bits per heavy atom. The molecular weight excluding hydrogens is 152 g/mol. The van der Waals surface area contributed by atoms with Gasteiger partial charge >= 0.3 is 0 Å². The van der Waals surface area contributed by atoms with Crippen LogP contribution in [-0.4, -0.2) is 5.78 Å². The Labute approximate surface area is 71.9 Å². The lowest BCUT2D eigenvalue weighted by Crippen LogP contribution is -2.28. The molecule has 0 aliphatic heterocycles. The molecule has 0 aromatic heterocycles. The molecule has 0 aromatic carbocycles. The van der Waals surface area contributed by atoms with Gasteiger partial charge in [-0.25, -0.2) is 0 Å². The molecule has 64 valence electrons. The molecule has 0 aromatic rings. The van der Waals surface area contributed by atoms with Crippen molar-refractivity contribution in [3.63, 3.8) is 0 Å². The van der Waals surface area contributed by atoms with Crippen LogP contribution in [-0.2, 0) is 4.79 Å². The fourth-order valence-corrected chi connectivity index (χ4v) is 1.43. The van der Waals surface area contributed by atoms with E-state index in [1.54, 1.807) is 0 Å². The topological polar surface area (TPSA) is 66.9 Å². The second kappa shape index (κ2) is 2.63. The van der Waals surface area contributed by atoms with Crippen LogP contribution in [0.4, 0.5) is 0 Å². The van der Waals surface area contributed by atoms with E-state index in [1.807, 2.05) is 19.9 Å². The van der Waals surface area contributed by atoms with Gasteiger partial charge < -0.3 is 5.73 Å². The van der Waals surface area contributed by atoms with Gasteiger partial charge in [0, 0.05) is 6.42 Å². The summed E-state index contributed by atoms with van der Waals surface area (Å²) in [6, 6.07) is 1.97. The van der Waals surface area contributed by atoms with E-state index in [1.165, 1.54) is 0 Å². The highest BCUT2D eigenvalue weighted by Gasteiger charge is 2.31. The molecule has 3 heteroatoms. The second-order valence-electron chi connectivity index (χ2n) is 3.94. The first kappa shape index (κ1) is 8.79. The summed E-state index contributed by atoms with van der Waals surface area (Å²) in [6.07, 6.45) is 1.06. The van der Waals surface area contributed by atoms with Gasteiger partial charge in [-0.1, -0.05) is 13.8 Å². The minimum atomic E-state index is -0.106. The molecule has 0 atom stereocenters. The lowest BCUT2D eigenvalue weighted by molar-refractivity contribution is -0.118. The average molecular weight is 164 g/mol. The molecule has 1 rings (SSSR count). The van der Waals surface area contributed by atoms with Gasteiger partial charge in [-0.2, -0.15) is 5.26 Å². The molecule has 3 nitrogen and oxygen atoms in total. The number of carbonyl (C=O) groups is 1. The van der Waals surface area contributed by atoms with Crippen LogP contribution in [0.25, 0.3) is 0 Å². The summed E-state index contributed by atoms with van der Waals surface area (Å²) in [7, 11) is 0. The summed E-state index contributed by atoms with van der Waals surface area (Å²) in [4.78, 5) is 11.2. The number of carbonyl (C=O) groups excluding carboxylic acids is 1. The summed E-state index contributed by atoms with van der Waals surface area (Å²) in [5.41, 5.74) is 5.96. The molecule has 0 spiro atoms. The predicted octanol–water partition coefficient (Wildman–Crippen LogP) is 1.11. The smallest absolute Gasteiger partial charge is 0.180 e. The van der Waals surface area contributed by atoms with Gasteiger partial charge in [0.15, 0.2) is 5.78 Å². The first-order chi connectivity index (χ1) is 5.46. The number of Topliss-reactive ketones (excluding diaryl/α,β-unsaturated/α-hetero) is 1. The highest BCUT2D eigenvalue weighted by atomic mass is 16.1. The fraction of sp³-hybridized carbons (Fsp3) is 0.556.